The summed E-state index contributed by atoms with van der Waals surface area (Å²) in [7, 11) is 0. The fourth-order valence-electron chi connectivity index (χ4n) is 2.14. The molecule has 0 amide bonds. The van der Waals surface area contributed by atoms with Crippen molar-refractivity contribution >= 4 is 38.8 Å². The fourth-order valence-corrected chi connectivity index (χ4v) is 3.25. The number of benzene rings is 1. The van der Waals surface area contributed by atoms with Crippen LogP contribution in [0.15, 0.2) is 52.4 Å². The summed E-state index contributed by atoms with van der Waals surface area (Å²) in [4.78, 5) is 22.9. The molecule has 0 spiro atoms. The van der Waals surface area contributed by atoms with Crippen LogP contribution in [-0.4, -0.2) is 9.55 Å². The third-order valence-electron chi connectivity index (χ3n) is 3.16. The molecule has 0 fully saturated rings. The van der Waals surface area contributed by atoms with Gasteiger partial charge in [0.15, 0.2) is 4.80 Å². The lowest BCUT2D eigenvalue weighted by atomic mass is 10.3. The van der Waals surface area contributed by atoms with E-state index in [1.807, 2.05) is 19.1 Å². The summed E-state index contributed by atoms with van der Waals surface area (Å²) >= 11 is 7.31. The van der Waals surface area contributed by atoms with Crippen LogP contribution in [0.3, 0.4) is 0 Å². The van der Waals surface area contributed by atoms with E-state index in [0.29, 0.717) is 26.6 Å². The quantitative estimate of drug-likeness (QED) is 0.733. The summed E-state index contributed by atoms with van der Waals surface area (Å²) in [6.07, 6.45) is 2.55. The van der Waals surface area contributed by atoms with Gasteiger partial charge >= 0.3 is 0 Å². The Labute approximate surface area is 136 Å². The lowest BCUT2D eigenvalue weighted by Crippen LogP contribution is -2.31. The molecular formula is C16H14ClN3OS. The molecule has 0 bridgehead atoms. The van der Waals surface area contributed by atoms with Gasteiger partial charge in [-0.25, -0.2) is 9.98 Å². The number of hydrogen-bond acceptors (Lipinski definition) is 4. The summed E-state index contributed by atoms with van der Waals surface area (Å²) < 4.78 is 1.71. The van der Waals surface area contributed by atoms with Gasteiger partial charge in [0.1, 0.15) is 4.83 Å². The Morgan fingerprint density at radius 3 is 2.77 bits per heavy atom. The lowest BCUT2D eigenvalue weighted by molar-refractivity contribution is 0.640. The van der Waals surface area contributed by atoms with Gasteiger partial charge in [-0.3, -0.25) is 9.36 Å². The van der Waals surface area contributed by atoms with E-state index in [9.17, 15) is 4.79 Å². The van der Waals surface area contributed by atoms with E-state index in [4.69, 9.17) is 11.6 Å². The molecule has 22 heavy (non-hydrogen) atoms. The van der Waals surface area contributed by atoms with Gasteiger partial charge in [0, 0.05) is 17.8 Å². The second-order valence-corrected chi connectivity index (χ2v) is 6.18. The molecule has 2 heterocycles. The number of nitrogens with zero attached hydrogens (tertiary/aromatic N) is 3. The molecule has 3 rings (SSSR count). The van der Waals surface area contributed by atoms with Crippen molar-refractivity contribution in [1.29, 1.82) is 0 Å². The van der Waals surface area contributed by atoms with E-state index in [0.717, 1.165) is 12.1 Å². The van der Waals surface area contributed by atoms with Crippen molar-refractivity contribution in [1.82, 2.24) is 9.55 Å². The summed E-state index contributed by atoms with van der Waals surface area (Å²) in [5, 5.41) is 1.30. The Hall–Kier alpha value is -1.98. The molecule has 0 saturated carbocycles. The van der Waals surface area contributed by atoms with Crippen molar-refractivity contribution in [3.63, 3.8) is 0 Å². The largest absolute Gasteiger partial charge is 0.284 e. The van der Waals surface area contributed by atoms with E-state index < -0.39 is 0 Å². The number of hydrogen-bond donors (Lipinski definition) is 0. The molecule has 0 aliphatic carbocycles. The summed E-state index contributed by atoms with van der Waals surface area (Å²) in [6.45, 7) is 2.67. The number of rotatable bonds is 3. The molecule has 4 nitrogen and oxygen atoms in total. The summed E-state index contributed by atoms with van der Waals surface area (Å²) in [5.41, 5.74) is 0.719. The third kappa shape index (κ3) is 2.96. The van der Waals surface area contributed by atoms with Crippen LogP contribution in [0.25, 0.3) is 10.2 Å². The van der Waals surface area contributed by atoms with Crippen LogP contribution < -0.4 is 10.4 Å². The van der Waals surface area contributed by atoms with Gasteiger partial charge in [0.05, 0.1) is 11.1 Å². The van der Waals surface area contributed by atoms with Gasteiger partial charge in [-0.2, -0.15) is 0 Å². The van der Waals surface area contributed by atoms with E-state index in [2.05, 4.69) is 9.98 Å². The van der Waals surface area contributed by atoms with Gasteiger partial charge in [-0.1, -0.05) is 29.9 Å². The van der Waals surface area contributed by atoms with E-state index in [-0.39, 0.29) is 5.56 Å². The number of aromatic nitrogens is 2. The molecule has 0 unspecified atom stereocenters. The monoisotopic (exact) mass is 331 g/mol. The zero-order chi connectivity index (χ0) is 15.5. The molecule has 0 saturated heterocycles. The topological polar surface area (TPSA) is 47.2 Å². The Morgan fingerprint density at radius 2 is 2.05 bits per heavy atom. The molecule has 1 aromatic carbocycles. The fraction of sp³-hybridized carbons (Fsp3) is 0.188. The smallest absolute Gasteiger partial charge is 0.263 e. The molecule has 0 aliphatic heterocycles. The van der Waals surface area contributed by atoms with Crippen LogP contribution in [0.4, 0.5) is 5.69 Å². The van der Waals surface area contributed by atoms with Gasteiger partial charge in [-0.15, -0.1) is 0 Å². The summed E-state index contributed by atoms with van der Waals surface area (Å²) in [5.74, 6) is 0. The van der Waals surface area contributed by atoms with Crippen molar-refractivity contribution in [3.8, 4) is 0 Å². The van der Waals surface area contributed by atoms with Crippen molar-refractivity contribution in [3.05, 3.63) is 62.8 Å². The standard InChI is InChI=1S/C16H14ClN3OS/c1-2-10-20-15(21)13-4-3-9-18-14(13)22-16(20)19-12-7-5-11(17)6-8-12/h3-9H,2,10H2,1H3. The number of pyridine rings is 1. The van der Waals surface area contributed by atoms with Crippen molar-refractivity contribution in [2.45, 2.75) is 19.9 Å². The highest BCUT2D eigenvalue weighted by atomic mass is 35.5. The van der Waals surface area contributed by atoms with Crippen molar-refractivity contribution in [2.24, 2.45) is 4.99 Å². The van der Waals surface area contributed by atoms with Gasteiger partial charge in [0.2, 0.25) is 0 Å². The van der Waals surface area contributed by atoms with Crippen LogP contribution in [0.5, 0.6) is 0 Å². The molecule has 6 heteroatoms. The van der Waals surface area contributed by atoms with E-state index in [1.54, 1.807) is 35.0 Å². The average Bonchev–Trinajstić information content (AvgIpc) is 2.53. The second-order valence-electron chi connectivity index (χ2n) is 4.79. The number of halogens is 1. The third-order valence-corrected chi connectivity index (χ3v) is 4.43. The average molecular weight is 332 g/mol. The first-order chi connectivity index (χ1) is 10.7. The lowest BCUT2D eigenvalue weighted by Gasteiger charge is -2.06. The Balaban J connectivity index is 2.29. The highest BCUT2D eigenvalue weighted by Gasteiger charge is 2.07. The van der Waals surface area contributed by atoms with Crippen LogP contribution in [0, 0.1) is 0 Å². The number of fused-ring (bicyclic) bond motifs is 1. The SMILES string of the molecule is CCCn1c(=Nc2ccc(Cl)cc2)sc2ncccc2c1=O. The maximum atomic E-state index is 12.6. The molecular weight excluding hydrogens is 318 g/mol. The molecule has 0 radical (unpaired) electrons. The molecule has 3 aromatic rings. The normalized spacial score (nSPS) is 12.0. The van der Waals surface area contributed by atoms with Gasteiger partial charge in [-0.05, 0) is 42.8 Å². The molecule has 0 atom stereocenters. The first kappa shape index (κ1) is 14.9. The minimum absolute atomic E-state index is 0.0450. The first-order valence-electron chi connectivity index (χ1n) is 6.98. The minimum atomic E-state index is -0.0450. The van der Waals surface area contributed by atoms with Crippen LogP contribution in [0.1, 0.15) is 13.3 Å². The van der Waals surface area contributed by atoms with Crippen LogP contribution in [-0.2, 0) is 6.54 Å². The van der Waals surface area contributed by atoms with E-state index in [1.165, 1.54) is 11.3 Å². The van der Waals surface area contributed by atoms with Crippen molar-refractivity contribution in [2.75, 3.05) is 0 Å². The zero-order valence-corrected chi connectivity index (χ0v) is 13.6. The Morgan fingerprint density at radius 1 is 1.27 bits per heavy atom. The van der Waals surface area contributed by atoms with Gasteiger partial charge in [0.25, 0.3) is 5.56 Å². The first-order valence-corrected chi connectivity index (χ1v) is 8.17. The molecule has 0 N–H and O–H groups in total. The summed E-state index contributed by atoms with van der Waals surface area (Å²) in [6, 6.07) is 10.8. The molecule has 2 aromatic heterocycles. The minimum Gasteiger partial charge on any atom is -0.284 e. The molecule has 112 valence electrons. The van der Waals surface area contributed by atoms with E-state index >= 15 is 0 Å². The highest BCUT2D eigenvalue weighted by molar-refractivity contribution is 7.15. The highest BCUT2D eigenvalue weighted by Crippen LogP contribution is 2.16. The van der Waals surface area contributed by atoms with Crippen LogP contribution >= 0.6 is 22.9 Å². The van der Waals surface area contributed by atoms with Crippen LogP contribution in [0.2, 0.25) is 5.02 Å². The maximum absolute atomic E-state index is 12.6. The Bertz CT molecular complexity index is 929. The van der Waals surface area contributed by atoms with Gasteiger partial charge < -0.3 is 0 Å². The second kappa shape index (κ2) is 6.42. The predicted molar refractivity (Wildman–Crippen MR) is 90.8 cm³/mol. The Kier molecular flexibility index (Phi) is 4.36. The maximum Gasteiger partial charge on any atom is 0.263 e. The predicted octanol–water partition coefficient (Wildman–Crippen LogP) is 3.75. The zero-order valence-electron chi connectivity index (χ0n) is 12.0. The molecule has 0 aliphatic rings. The van der Waals surface area contributed by atoms with Crippen molar-refractivity contribution < 1.29 is 0 Å².